The standard InChI is InChI=1S/C19H20N6O2/c1-23(10-13-9-22-24(2)11-13)15-4-6-16(7-5-15)25-12-14(8-20)17(21)18(25)19(26)27-3/h4-7,9,11-12H,10,21H2,1-3H3. The van der Waals surface area contributed by atoms with Crippen LogP contribution in [0.5, 0.6) is 0 Å². The number of hydrogen-bond donors (Lipinski definition) is 1. The molecule has 0 fully saturated rings. The maximum atomic E-state index is 12.1. The van der Waals surface area contributed by atoms with E-state index in [1.54, 1.807) is 9.25 Å². The number of esters is 1. The Balaban J connectivity index is 1.89. The highest BCUT2D eigenvalue weighted by Crippen LogP contribution is 2.26. The third-order valence-corrected chi connectivity index (χ3v) is 4.29. The van der Waals surface area contributed by atoms with Gasteiger partial charge in [-0.25, -0.2) is 4.79 Å². The molecule has 2 heterocycles. The minimum Gasteiger partial charge on any atom is -0.464 e. The van der Waals surface area contributed by atoms with Crippen LogP contribution in [-0.4, -0.2) is 34.5 Å². The number of aryl methyl sites for hydroxylation is 1. The average Bonchev–Trinajstić information content (AvgIpc) is 3.23. The molecule has 0 saturated heterocycles. The van der Waals surface area contributed by atoms with E-state index in [2.05, 4.69) is 10.00 Å². The second-order valence-electron chi connectivity index (χ2n) is 6.17. The zero-order valence-electron chi connectivity index (χ0n) is 15.4. The van der Waals surface area contributed by atoms with Gasteiger partial charge in [0.25, 0.3) is 0 Å². The molecule has 0 radical (unpaired) electrons. The fraction of sp³-hybridized carbons (Fsp3) is 0.211. The fourth-order valence-corrected chi connectivity index (χ4v) is 2.90. The van der Waals surface area contributed by atoms with Gasteiger partial charge in [-0.1, -0.05) is 0 Å². The normalized spacial score (nSPS) is 10.4. The summed E-state index contributed by atoms with van der Waals surface area (Å²) in [6.07, 6.45) is 5.34. The Bertz CT molecular complexity index is 1010. The number of rotatable bonds is 5. The maximum absolute atomic E-state index is 12.1. The van der Waals surface area contributed by atoms with Crippen LogP contribution in [0.2, 0.25) is 0 Å². The van der Waals surface area contributed by atoms with Crippen molar-refractivity contribution in [3.05, 3.63) is 59.7 Å². The van der Waals surface area contributed by atoms with Crippen LogP contribution in [0, 0.1) is 11.3 Å². The molecule has 0 spiro atoms. The molecule has 0 bridgehead atoms. The summed E-state index contributed by atoms with van der Waals surface area (Å²) in [4.78, 5) is 14.2. The van der Waals surface area contributed by atoms with Crippen LogP contribution in [0.15, 0.2) is 42.9 Å². The molecule has 2 aromatic heterocycles. The van der Waals surface area contributed by atoms with Crippen LogP contribution in [-0.2, 0) is 18.3 Å². The molecule has 0 aliphatic heterocycles. The van der Waals surface area contributed by atoms with Gasteiger partial charge in [0.2, 0.25) is 0 Å². The molecule has 0 unspecified atom stereocenters. The molecule has 0 aliphatic carbocycles. The Morgan fingerprint density at radius 2 is 2.04 bits per heavy atom. The molecule has 0 saturated carbocycles. The van der Waals surface area contributed by atoms with E-state index in [-0.39, 0.29) is 16.9 Å². The van der Waals surface area contributed by atoms with Gasteiger partial charge in [0, 0.05) is 50.0 Å². The van der Waals surface area contributed by atoms with Gasteiger partial charge in [-0.05, 0) is 24.3 Å². The highest BCUT2D eigenvalue weighted by molar-refractivity contribution is 5.95. The first-order chi connectivity index (χ1) is 12.9. The van der Waals surface area contributed by atoms with E-state index >= 15 is 0 Å². The second-order valence-corrected chi connectivity index (χ2v) is 6.17. The first kappa shape index (κ1) is 18.1. The van der Waals surface area contributed by atoms with E-state index in [0.29, 0.717) is 5.69 Å². The number of benzene rings is 1. The fourth-order valence-electron chi connectivity index (χ4n) is 2.90. The summed E-state index contributed by atoms with van der Waals surface area (Å²) in [5, 5.41) is 13.4. The smallest absolute Gasteiger partial charge is 0.357 e. The van der Waals surface area contributed by atoms with Crippen molar-refractivity contribution in [3.8, 4) is 11.8 Å². The lowest BCUT2D eigenvalue weighted by molar-refractivity contribution is 0.0593. The number of carbonyl (C=O) groups excluding carboxylic acids is 1. The summed E-state index contributed by atoms with van der Waals surface area (Å²) in [5.74, 6) is -0.591. The van der Waals surface area contributed by atoms with Crippen molar-refractivity contribution in [2.24, 2.45) is 7.05 Å². The zero-order valence-corrected chi connectivity index (χ0v) is 15.4. The van der Waals surface area contributed by atoms with Gasteiger partial charge >= 0.3 is 5.97 Å². The summed E-state index contributed by atoms with van der Waals surface area (Å²) >= 11 is 0. The van der Waals surface area contributed by atoms with E-state index in [0.717, 1.165) is 17.8 Å². The summed E-state index contributed by atoms with van der Waals surface area (Å²) in [6.45, 7) is 0.718. The summed E-state index contributed by atoms with van der Waals surface area (Å²) in [6, 6.07) is 9.60. The van der Waals surface area contributed by atoms with Gasteiger partial charge in [0.05, 0.1) is 24.6 Å². The SMILES string of the molecule is COC(=O)c1c(N)c(C#N)cn1-c1ccc(N(C)Cc2cnn(C)c2)cc1. The Hall–Kier alpha value is -3.73. The lowest BCUT2D eigenvalue weighted by Gasteiger charge is -2.19. The maximum Gasteiger partial charge on any atom is 0.357 e. The molecule has 0 atom stereocenters. The molecule has 27 heavy (non-hydrogen) atoms. The Kier molecular flexibility index (Phi) is 4.86. The van der Waals surface area contributed by atoms with Crippen LogP contribution in [0.25, 0.3) is 5.69 Å². The van der Waals surface area contributed by atoms with Crippen molar-refractivity contribution < 1.29 is 9.53 Å². The highest BCUT2D eigenvalue weighted by Gasteiger charge is 2.21. The molecule has 1 aromatic carbocycles. The van der Waals surface area contributed by atoms with E-state index < -0.39 is 5.97 Å². The quantitative estimate of drug-likeness (QED) is 0.696. The lowest BCUT2D eigenvalue weighted by Crippen LogP contribution is -2.16. The van der Waals surface area contributed by atoms with E-state index in [9.17, 15) is 10.1 Å². The van der Waals surface area contributed by atoms with Gasteiger partial charge in [-0.15, -0.1) is 0 Å². The molecule has 0 aliphatic rings. The number of aromatic nitrogens is 3. The van der Waals surface area contributed by atoms with Crippen LogP contribution < -0.4 is 10.6 Å². The van der Waals surface area contributed by atoms with Crippen molar-refractivity contribution in [2.45, 2.75) is 6.54 Å². The van der Waals surface area contributed by atoms with E-state index in [1.165, 1.54) is 13.3 Å². The third kappa shape index (κ3) is 3.48. The van der Waals surface area contributed by atoms with Crippen LogP contribution >= 0.6 is 0 Å². The molecule has 8 nitrogen and oxygen atoms in total. The van der Waals surface area contributed by atoms with Gasteiger partial charge in [-0.3, -0.25) is 4.68 Å². The molecule has 138 valence electrons. The highest BCUT2D eigenvalue weighted by atomic mass is 16.5. The largest absolute Gasteiger partial charge is 0.464 e. The number of anilines is 2. The van der Waals surface area contributed by atoms with E-state index in [4.69, 9.17) is 10.5 Å². The van der Waals surface area contributed by atoms with Gasteiger partial charge in [0.15, 0.2) is 5.69 Å². The van der Waals surface area contributed by atoms with Crippen LogP contribution in [0.4, 0.5) is 11.4 Å². The predicted octanol–water partition coefficient (Wildman–Crippen LogP) is 2.09. The molecule has 8 heteroatoms. The first-order valence-electron chi connectivity index (χ1n) is 8.23. The number of ether oxygens (including phenoxy) is 1. The summed E-state index contributed by atoms with van der Waals surface area (Å²) < 4.78 is 8.14. The topological polar surface area (TPSA) is 102 Å². The minimum absolute atomic E-state index is 0.113. The molecular formula is C19H20N6O2. The number of nitrogens with two attached hydrogens (primary N) is 1. The molecular weight excluding hydrogens is 344 g/mol. The van der Waals surface area contributed by atoms with Crippen molar-refractivity contribution in [2.75, 3.05) is 24.8 Å². The second kappa shape index (κ2) is 7.25. The minimum atomic E-state index is -0.591. The number of nitriles is 1. The van der Waals surface area contributed by atoms with Crippen molar-refractivity contribution in [1.29, 1.82) is 5.26 Å². The van der Waals surface area contributed by atoms with E-state index in [1.807, 2.05) is 56.8 Å². The zero-order chi connectivity index (χ0) is 19.6. The number of hydrogen-bond acceptors (Lipinski definition) is 6. The Labute approximate surface area is 157 Å². The Morgan fingerprint density at radius 1 is 1.33 bits per heavy atom. The summed E-state index contributed by atoms with van der Waals surface area (Å²) in [7, 11) is 5.15. The Morgan fingerprint density at radius 3 is 2.59 bits per heavy atom. The number of methoxy groups -OCH3 is 1. The number of nitrogen functional groups attached to an aromatic ring is 1. The molecule has 3 aromatic rings. The van der Waals surface area contributed by atoms with Crippen molar-refractivity contribution >= 4 is 17.3 Å². The van der Waals surface area contributed by atoms with Gasteiger partial charge < -0.3 is 19.9 Å². The number of nitrogens with zero attached hydrogens (tertiary/aromatic N) is 5. The summed E-state index contributed by atoms with van der Waals surface area (Å²) in [5.41, 5.74) is 9.24. The monoisotopic (exact) mass is 364 g/mol. The van der Waals surface area contributed by atoms with Gasteiger partial charge in [0.1, 0.15) is 6.07 Å². The molecule has 0 amide bonds. The lowest BCUT2D eigenvalue weighted by atomic mass is 10.2. The molecule has 2 N–H and O–H groups in total. The van der Waals surface area contributed by atoms with Crippen molar-refractivity contribution in [3.63, 3.8) is 0 Å². The molecule has 3 rings (SSSR count). The van der Waals surface area contributed by atoms with Crippen LogP contribution in [0.1, 0.15) is 21.6 Å². The first-order valence-corrected chi connectivity index (χ1v) is 8.23. The van der Waals surface area contributed by atoms with Crippen molar-refractivity contribution in [1.82, 2.24) is 14.3 Å². The van der Waals surface area contributed by atoms with Crippen LogP contribution in [0.3, 0.4) is 0 Å². The average molecular weight is 364 g/mol. The van der Waals surface area contributed by atoms with Gasteiger partial charge in [-0.2, -0.15) is 10.4 Å². The predicted molar refractivity (Wildman–Crippen MR) is 102 cm³/mol. The third-order valence-electron chi connectivity index (χ3n) is 4.29. The number of carbonyl (C=O) groups is 1.